The zero-order valence-electron chi connectivity index (χ0n) is 27.0. The van der Waals surface area contributed by atoms with Gasteiger partial charge in [0.15, 0.2) is 6.29 Å². The molecule has 0 spiro atoms. The number of anilines is 1. The van der Waals surface area contributed by atoms with Gasteiger partial charge in [-0.25, -0.2) is 4.79 Å². The molecule has 0 aliphatic carbocycles. The summed E-state index contributed by atoms with van der Waals surface area (Å²) in [5.74, 6) is 1.44. The summed E-state index contributed by atoms with van der Waals surface area (Å²) in [5.41, 5.74) is 5.70. The molecule has 2 amide bonds. The molecule has 8 nitrogen and oxygen atoms in total. The van der Waals surface area contributed by atoms with Crippen LogP contribution in [0.3, 0.4) is 0 Å². The number of nitrogens with one attached hydrogen (secondary N) is 2. The van der Waals surface area contributed by atoms with Crippen molar-refractivity contribution in [3.8, 4) is 11.5 Å². The van der Waals surface area contributed by atoms with Crippen LogP contribution in [0.4, 0.5) is 10.5 Å². The molecule has 3 N–H and O–H groups in total. The molecule has 6 rings (SSSR count). The number of ether oxygens (including phenoxy) is 3. The fourth-order valence-corrected chi connectivity index (χ4v) is 5.72. The summed E-state index contributed by atoms with van der Waals surface area (Å²) in [6.45, 7) is 1.94. The molecule has 48 heavy (non-hydrogen) atoms. The number of likely N-dealkylation sites (N-methyl/N-ethyl adjacent to an activating group) is 1. The van der Waals surface area contributed by atoms with Gasteiger partial charge in [0.25, 0.3) is 0 Å². The van der Waals surface area contributed by atoms with Gasteiger partial charge in [0.2, 0.25) is 0 Å². The first-order valence-electron chi connectivity index (χ1n) is 16.2. The minimum absolute atomic E-state index is 0.00499. The third kappa shape index (κ3) is 9.30. The number of nitrogens with zero attached hydrogens (tertiary/aromatic N) is 1. The van der Waals surface area contributed by atoms with Crippen LogP contribution in [0, 0.1) is 0 Å². The fourth-order valence-electron chi connectivity index (χ4n) is 5.72. The van der Waals surface area contributed by atoms with E-state index < -0.39 is 6.29 Å². The van der Waals surface area contributed by atoms with Crippen LogP contribution in [0.2, 0.25) is 0 Å². The van der Waals surface area contributed by atoms with E-state index in [2.05, 4.69) is 46.8 Å². The molecular weight excluding hydrogens is 602 g/mol. The summed E-state index contributed by atoms with van der Waals surface area (Å²) in [5, 5.41) is 15.3. The average Bonchev–Trinajstić information content (AvgIpc) is 3.12. The van der Waals surface area contributed by atoms with E-state index in [9.17, 15) is 9.90 Å². The van der Waals surface area contributed by atoms with Crippen LogP contribution in [-0.4, -0.2) is 35.7 Å². The first-order chi connectivity index (χ1) is 23.5. The predicted octanol–water partition coefficient (Wildman–Crippen LogP) is 7.97. The predicted molar refractivity (Wildman–Crippen MR) is 186 cm³/mol. The summed E-state index contributed by atoms with van der Waals surface area (Å²) < 4.78 is 18.9. The zero-order chi connectivity index (χ0) is 33.1. The average molecular weight is 644 g/mol. The Bertz CT molecular complexity index is 1720. The summed E-state index contributed by atoms with van der Waals surface area (Å²) in [6, 6.07) is 42.8. The van der Waals surface area contributed by atoms with Crippen molar-refractivity contribution < 1.29 is 24.1 Å². The second-order valence-electron chi connectivity index (χ2n) is 12.0. The number of aliphatic hydroxyl groups excluding tert-OH is 1. The molecule has 0 radical (unpaired) electrons. The fraction of sp³-hybridized carbons (Fsp3) is 0.225. The van der Waals surface area contributed by atoms with E-state index in [0.29, 0.717) is 24.4 Å². The quantitative estimate of drug-likeness (QED) is 0.128. The number of hydrogen-bond donors (Lipinski definition) is 3. The molecule has 1 fully saturated rings. The first-order valence-corrected chi connectivity index (χ1v) is 16.2. The van der Waals surface area contributed by atoms with Crippen molar-refractivity contribution in [1.82, 2.24) is 10.2 Å². The topological polar surface area (TPSA) is 92.3 Å². The molecule has 246 valence electrons. The van der Waals surface area contributed by atoms with Crippen LogP contribution < -0.4 is 15.4 Å². The van der Waals surface area contributed by atoms with Crippen molar-refractivity contribution in [3.63, 3.8) is 0 Å². The number of urea groups is 1. The third-order valence-corrected chi connectivity index (χ3v) is 8.22. The monoisotopic (exact) mass is 643 g/mol. The highest BCUT2D eigenvalue weighted by atomic mass is 16.7. The molecule has 0 aromatic heterocycles. The molecule has 3 atom stereocenters. The highest BCUT2D eigenvalue weighted by Crippen LogP contribution is 2.38. The van der Waals surface area contributed by atoms with Gasteiger partial charge in [0, 0.05) is 37.3 Å². The number of amides is 2. The summed E-state index contributed by atoms with van der Waals surface area (Å²) in [6.07, 6.45) is -0.0382. The van der Waals surface area contributed by atoms with Gasteiger partial charge < -0.3 is 30.0 Å². The molecule has 1 saturated heterocycles. The van der Waals surface area contributed by atoms with Gasteiger partial charge in [-0.15, -0.1) is 0 Å². The van der Waals surface area contributed by atoms with E-state index in [0.717, 1.165) is 41.1 Å². The molecule has 1 aliphatic rings. The van der Waals surface area contributed by atoms with Crippen LogP contribution in [0.25, 0.3) is 0 Å². The summed E-state index contributed by atoms with van der Waals surface area (Å²) in [7, 11) is 2.11. The smallest absolute Gasteiger partial charge is 0.319 e. The van der Waals surface area contributed by atoms with Gasteiger partial charge in [0.05, 0.1) is 18.8 Å². The largest absolute Gasteiger partial charge is 0.457 e. The second-order valence-corrected chi connectivity index (χ2v) is 12.0. The van der Waals surface area contributed by atoms with Gasteiger partial charge >= 0.3 is 6.03 Å². The number of benzene rings is 5. The minimum atomic E-state index is -0.546. The highest BCUT2D eigenvalue weighted by Gasteiger charge is 2.32. The Morgan fingerprint density at radius 2 is 1.38 bits per heavy atom. The van der Waals surface area contributed by atoms with Gasteiger partial charge in [-0.3, -0.25) is 4.90 Å². The Labute approximate surface area is 281 Å². The van der Waals surface area contributed by atoms with E-state index in [1.165, 1.54) is 5.56 Å². The number of carbonyl (C=O) groups excluding carboxylic acids is 1. The van der Waals surface area contributed by atoms with Crippen molar-refractivity contribution >= 4 is 11.7 Å². The Hall–Kier alpha value is -4.99. The van der Waals surface area contributed by atoms with Crippen LogP contribution in [0.5, 0.6) is 11.5 Å². The maximum Gasteiger partial charge on any atom is 0.319 e. The lowest BCUT2D eigenvalue weighted by molar-refractivity contribution is -0.252. The van der Waals surface area contributed by atoms with E-state index >= 15 is 0 Å². The van der Waals surface area contributed by atoms with Crippen LogP contribution >= 0.6 is 0 Å². The van der Waals surface area contributed by atoms with Gasteiger partial charge in [-0.1, -0.05) is 97.1 Å². The van der Waals surface area contributed by atoms with Crippen molar-refractivity contribution in [2.24, 2.45) is 0 Å². The summed E-state index contributed by atoms with van der Waals surface area (Å²) >= 11 is 0. The number of aliphatic hydroxyl groups is 1. The van der Waals surface area contributed by atoms with E-state index in [-0.39, 0.29) is 24.8 Å². The lowest BCUT2D eigenvalue weighted by atomic mass is 9.99. The Kier molecular flexibility index (Phi) is 11.1. The minimum Gasteiger partial charge on any atom is -0.457 e. The third-order valence-electron chi connectivity index (χ3n) is 8.22. The van der Waals surface area contributed by atoms with E-state index in [1.807, 2.05) is 97.1 Å². The van der Waals surface area contributed by atoms with E-state index in [1.54, 1.807) is 12.1 Å². The summed E-state index contributed by atoms with van der Waals surface area (Å²) in [4.78, 5) is 14.9. The van der Waals surface area contributed by atoms with Crippen molar-refractivity contribution in [2.75, 3.05) is 18.9 Å². The molecular formula is C40H41N3O5. The van der Waals surface area contributed by atoms with Crippen LogP contribution in [0.15, 0.2) is 133 Å². The standard InChI is InChI=1S/C40H41N3O5/c1-43(26-30-8-4-2-5-9-30)27-37-24-38(32-16-14-31(28-44)15-17-32)48-39(47-37)33-18-12-29(13-19-33)25-41-40(45)42-34-20-22-36(23-21-34)46-35-10-6-3-7-11-35/h2-23,37-39,44H,24-28H2,1H3,(H2,41,42,45)/t37-,38+,39+/m0/s1. The Morgan fingerprint density at radius 1 is 0.750 bits per heavy atom. The molecule has 0 unspecified atom stereocenters. The Balaban J connectivity index is 1.05. The SMILES string of the molecule is CN(Cc1ccccc1)C[C@@H]1C[C@H](c2ccc(CO)cc2)O[C@H](c2ccc(CNC(=O)Nc3ccc(Oc4ccccc4)cc3)cc2)O1. The van der Waals surface area contributed by atoms with Crippen molar-refractivity contribution in [2.45, 2.75) is 44.6 Å². The zero-order valence-corrected chi connectivity index (χ0v) is 27.0. The molecule has 8 heteroatoms. The van der Waals surface area contributed by atoms with Crippen LogP contribution in [-0.2, 0) is 29.2 Å². The molecule has 0 bridgehead atoms. The molecule has 0 saturated carbocycles. The normalized spacial score (nSPS) is 17.5. The number of rotatable bonds is 12. The van der Waals surface area contributed by atoms with Crippen molar-refractivity contribution in [3.05, 3.63) is 161 Å². The van der Waals surface area contributed by atoms with Gasteiger partial charge in [-0.05, 0) is 65.7 Å². The maximum absolute atomic E-state index is 12.6. The maximum atomic E-state index is 12.6. The van der Waals surface area contributed by atoms with Crippen molar-refractivity contribution in [1.29, 1.82) is 0 Å². The molecule has 5 aromatic rings. The highest BCUT2D eigenvalue weighted by molar-refractivity contribution is 5.89. The second kappa shape index (κ2) is 16.2. The van der Waals surface area contributed by atoms with Crippen LogP contribution in [0.1, 0.15) is 46.6 Å². The first kappa shape index (κ1) is 32.9. The number of carbonyl (C=O) groups is 1. The number of para-hydroxylation sites is 1. The molecule has 5 aromatic carbocycles. The van der Waals surface area contributed by atoms with E-state index in [4.69, 9.17) is 14.2 Å². The number of hydrogen-bond acceptors (Lipinski definition) is 6. The molecule has 1 heterocycles. The van der Waals surface area contributed by atoms with Gasteiger partial charge in [0.1, 0.15) is 11.5 Å². The lowest BCUT2D eigenvalue weighted by Crippen LogP contribution is -2.37. The lowest BCUT2D eigenvalue weighted by Gasteiger charge is -2.38. The Morgan fingerprint density at radius 3 is 2.06 bits per heavy atom. The van der Waals surface area contributed by atoms with Gasteiger partial charge in [-0.2, -0.15) is 0 Å². The molecule has 1 aliphatic heterocycles.